The van der Waals surface area contributed by atoms with Gasteiger partial charge in [-0.2, -0.15) is 0 Å². The van der Waals surface area contributed by atoms with Crippen molar-refractivity contribution in [2.45, 2.75) is 39.8 Å². The first-order valence-electron chi connectivity index (χ1n) is 8.62. The zero-order valence-corrected chi connectivity index (χ0v) is 16.4. The molecular weight excluding hydrogens is 354 g/mol. The molecule has 2 rings (SSSR count). The quantitative estimate of drug-likeness (QED) is 0.686. The highest BCUT2D eigenvalue weighted by Crippen LogP contribution is 2.18. The number of hydrogen-bond acceptors (Lipinski definition) is 4. The average molecular weight is 382 g/mol. The Labute approximate surface area is 160 Å². The van der Waals surface area contributed by atoms with Gasteiger partial charge in [0.1, 0.15) is 5.58 Å². The fourth-order valence-electron chi connectivity index (χ4n) is 2.42. The number of nitrogens with two attached hydrogens (primary N) is 1. The summed E-state index contributed by atoms with van der Waals surface area (Å²) in [6.45, 7) is 8.08. The van der Waals surface area contributed by atoms with Gasteiger partial charge in [-0.15, -0.1) is 12.4 Å². The number of carbonyl (C=O) groups is 2. The number of para-hydroxylation sites is 1. The van der Waals surface area contributed by atoms with Crippen LogP contribution in [0.15, 0.2) is 34.7 Å². The number of carbonyl (C=O) groups excluding carboxylic acids is 2. The van der Waals surface area contributed by atoms with E-state index in [-0.39, 0.29) is 47.9 Å². The summed E-state index contributed by atoms with van der Waals surface area (Å²) in [5.41, 5.74) is 6.55. The minimum absolute atomic E-state index is 0. The van der Waals surface area contributed by atoms with Gasteiger partial charge >= 0.3 is 0 Å². The van der Waals surface area contributed by atoms with Crippen LogP contribution in [-0.4, -0.2) is 30.4 Å². The molecule has 1 heterocycles. The molecule has 4 N–H and O–H groups in total. The zero-order chi connectivity index (χ0) is 18.6. The van der Waals surface area contributed by atoms with Gasteiger partial charge in [0.2, 0.25) is 5.91 Å². The van der Waals surface area contributed by atoms with Crippen LogP contribution in [0.3, 0.4) is 0 Å². The molecule has 0 aliphatic heterocycles. The number of hydrogen-bond donors (Lipinski definition) is 3. The molecule has 144 valence electrons. The van der Waals surface area contributed by atoms with E-state index in [1.165, 1.54) is 0 Å². The van der Waals surface area contributed by atoms with Crippen molar-refractivity contribution >= 4 is 35.2 Å². The topological polar surface area (TPSA) is 97.4 Å². The number of fused-ring (bicyclic) bond motifs is 1. The Morgan fingerprint density at radius 3 is 2.35 bits per heavy atom. The summed E-state index contributed by atoms with van der Waals surface area (Å²) in [5.74, 6) is -0.0397. The number of furan rings is 1. The van der Waals surface area contributed by atoms with Crippen molar-refractivity contribution in [3.05, 3.63) is 36.1 Å². The van der Waals surface area contributed by atoms with Crippen LogP contribution in [-0.2, 0) is 4.79 Å². The molecule has 0 fully saturated rings. The summed E-state index contributed by atoms with van der Waals surface area (Å²) in [6, 6.07) is 8.40. The van der Waals surface area contributed by atoms with Gasteiger partial charge in [0, 0.05) is 18.0 Å². The Morgan fingerprint density at radius 2 is 1.77 bits per heavy atom. The van der Waals surface area contributed by atoms with Crippen LogP contribution in [0.2, 0.25) is 0 Å². The van der Waals surface area contributed by atoms with Crippen molar-refractivity contribution < 1.29 is 14.0 Å². The molecule has 0 spiro atoms. The molecule has 0 aliphatic rings. The monoisotopic (exact) mass is 381 g/mol. The first kappa shape index (κ1) is 22.0. The molecule has 6 nitrogen and oxygen atoms in total. The van der Waals surface area contributed by atoms with E-state index in [9.17, 15) is 9.59 Å². The van der Waals surface area contributed by atoms with Gasteiger partial charge in [-0.05, 0) is 24.0 Å². The van der Waals surface area contributed by atoms with E-state index in [0.29, 0.717) is 12.1 Å². The summed E-state index contributed by atoms with van der Waals surface area (Å²) in [4.78, 5) is 24.5. The molecule has 0 saturated carbocycles. The lowest BCUT2D eigenvalue weighted by Gasteiger charge is -2.25. The first-order chi connectivity index (χ1) is 11.8. The third-order valence-electron chi connectivity index (χ3n) is 4.29. The van der Waals surface area contributed by atoms with Gasteiger partial charge in [-0.3, -0.25) is 9.59 Å². The summed E-state index contributed by atoms with van der Waals surface area (Å²) >= 11 is 0. The highest BCUT2D eigenvalue weighted by atomic mass is 35.5. The van der Waals surface area contributed by atoms with Gasteiger partial charge in [0.25, 0.3) is 5.91 Å². The Hall–Kier alpha value is -2.05. The lowest BCUT2D eigenvalue weighted by Crippen LogP contribution is -2.52. The Morgan fingerprint density at radius 1 is 1.12 bits per heavy atom. The molecule has 1 aromatic heterocycles. The Bertz CT molecular complexity index is 709. The number of amides is 2. The highest BCUT2D eigenvalue weighted by molar-refractivity contribution is 5.96. The summed E-state index contributed by atoms with van der Waals surface area (Å²) in [6.07, 6.45) is 0. The minimum atomic E-state index is -0.563. The summed E-state index contributed by atoms with van der Waals surface area (Å²) in [5, 5.41) is 6.63. The Balaban J connectivity index is 0.00000338. The van der Waals surface area contributed by atoms with Crippen LogP contribution in [0.4, 0.5) is 0 Å². The predicted octanol–water partition coefficient (Wildman–Crippen LogP) is 2.71. The maximum absolute atomic E-state index is 12.3. The molecule has 0 radical (unpaired) electrons. The molecule has 2 atom stereocenters. The number of rotatable bonds is 7. The van der Waals surface area contributed by atoms with Gasteiger partial charge in [-0.1, -0.05) is 45.9 Å². The summed E-state index contributed by atoms with van der Waals surface area (Å²) < 4.78 is 5.55. The van der Waals surface area contributed by atoms with Crippen LogP contribution in [0.1, 0.15) is 38.2 Å². The van der Waals surface area contributed by atoms with E-state index >= 15 is 0 Å². The van der Waals surface area contributed by atoms with Gasteiger partial charge in [0.15, 0.2) is 5.76 Å². The molecule has 26 heavy (non-hydrogen) atoms. The van der Waals surface area contributed by atoms with Crippen molar-refractivity contribution in [3.63, 3.8) is 0 Å². The molecule has 0 bridgehead atoms. The molecule has 0 aliphatic carbocycles. The standard InChI is InChI=1S/C19H27N3O3.ClH/c1-11(2)14(22-19(24)17(20)12(3)4)10-21-18(23)16-9-13-7-5-6-8-15(13)25-16;/h5-9,11-12,14,17H,10,20H2,1-4H3,(H,21,23)(H,22,24);1H/t14-,17+;/m1./s1. The van der Waals surface area contributed by atoms with E-state index in [1.54, 1.807) is 6.07 Å². The zero-order valence-electron chi connectivity index (χ0n) is 15.6. The molecule has 7 heteroatoms. The maximum Gasteiger partial charge on any atom is 0.287 e. The van der Waals surface area contributed by atoms with Crippen molar-refractivity contribution in [1.82, 2.24) is 10.6 Å². The fraction of sp³-hybridized carbons (Fsp3) is 0.474. The number of halogens is 1. The second kappa shape index (κ2) is 9.59. The molecule has 2 amide bonds. The molecular formula is C19H28ClN3O3. The van der Waals surface area contributed by atoms with Gasteiger partial charge < -0.3 is 20.8 Å². The lowest BCUT2D eigenvalue weighted by molar-refractivity contribution is -0.124. The Kier molecular flexibility index (Phi) is 8.11. The molecule has 1 aromatic carbocycles. The lowest BCUT2D eigenvalue weighted by atomic mass is 10.0. The molecule has 0 saturated heterocycles. The van der Waals surface area contributed by atoms with E-state index in [0.717, 1.165) is 5.39 Å². The first-order valence-corrected chi connectivity index (χ1v) is 8.62. The van der Waals surface area contributed by atoms with Gasteiger partial charge in [-0.25, -0.2) is 0 Å². The number of benzene rings is 1. The SMILES string of the molecule is CC(C)[C@H](N)C(=O)N[C@H](CNC(=O)c1cc2ccccc2o1)C(C)C.Cl. The predicted molar refractivity (Wildman–Crippen MR) is 105 cm³/mol. The average Bonchev–Trinajstić information content (AvgIpc) is 3.01. The van der Waals surface area contributed by atoms with Crippen molar-refractivity contribution in [3.8, 4) is 0 Å². The molecule has 2 aromatic rings. The van der Waals surface area contributed by atoms with E-state index in [4.69, 9.17) is 10.2 Å². The van der Waals surface area contributed by atoms with Crippen molar-refractivity contribution in [2.24, 2.45) is 17.6 Å². The van der Waals surface area contributed by atoms with E-state index < -0.39 is 6.04 Å². The minimum Gasteiger partial charge on any atom is -0.451 e. The number of nitrogens with one attached hydrogen (secondary N) is 2. The fourth-order valence-corrected chi connectivity index (χ4v) is 2.42. The van der Waals surface area contributed by atoms with E-state index in [2.05, 4.69) is 10.6 Å². The van der Waals surface area contributed by atoms with Crippen molar-refractivity contribution in [2.75, 3.05) is 6.54 Å². The van der Waals surface area contributed by atoms with Crippen LogP contribution in [0.5, 0.6) is 0 Å². The van der Waals surface area contributed by atoms with E-state index in [1.807, 2.05) is 52.0 Å². The second-order valence-electron chi connectivity index (χ2n) is 6.99. The smallest absolute Gasteiger partial charge is 0.287 e. The van der Waals surface area contributed by atoms with Gasteiger partial charge in [0.05, 0.1) is 6.04 Å². The third-order valence-corrected chi connectivity index (χ3v) is 4.29. The highest BCUT2D eigenvalue weighted by Gasteiger charge is 2.23. The summed E-state index contributed by atoms with van der Waals surface area (Å²) in [7, 11) is 0. The van der Waals surface area contributed by atoms with Crippen LogP contribution >= 0.6 is 12.4 Å². The largest absolute Gasteiger partial charge is 0.451 e. The van der Waals surface area contributed by atoms with Crippen LogP contribution in [0, 0.1) is 11.8 Å². The second-order valence-corrected chi connectivity index (χ2v) is 6.99. The maximum atomic E-state index is 12.3. The van der Waals surface area contributed by atoms with Crippen LogP contribution < -0.4 is 16.4 Å². The molecule has 0 unspecified atom stereocenters. The third kappa shape index (κ3) is 5.47. The van der Waals surface area contributed by atoms with Crippen LogP contribution in [0.25, 0.3) is 11.0 Å². The normalized spacial score (nSPS) is 13.3. The van der Waals surface area contributed by atoms with Crippen molar-refractivity contribution in [1.29, 1.82) is 0 Å².